The average Bonchev–Trinajstić information content (AvgIpc) is 2.40. The minimum atomic E-state index is -1.59. The highest BCUT2D eigenvalue weighted by molar-refractivity contribution is 7.90. The topological polar surface area (TPSA) is 45.1 Å². The van der Waals surface area contributed by atoms with Crippen LogP contribution in [0, 0.1) is 11.6 Å². The molecule has 0 aliphatic carbocycles. The van der Waals surface area contributed by atoms with Crippen molar-refractivity contribution in [2.45, 2.75) is 18.2 Å². The van der Waals surface area contributed by atoms with Crippen molar-refractivity contribution in [3.05, 3.63) is 58.0 Å². The normalized spacial score (nSPS) is 12.4. The smallest absolute Gasteiger partial charge is 0.260 e. The maximum absolute atomic E-state index is 13.8. The molecular formula is C14H13F2NO2S. The molecule has 0 amide bonds. The minimum absolute atomic E-state index is 0.156. The van der Waals surface area contributed by atoms with Crippen molar-refractivity contribution in [2.24, 2.45) is 0 Å². The highest BCUT2D eigenvalue weighted by atomic mass is 32.2. The molecule has 0 aliphatic heterocycles. The molecule has 0 radical (unpaired) electrons. The first-order chi connectivity index (χ1) is 9.43. The molecule has 2 aromatic rings. The summed E-state index contributed by atoms with van der Waals surface area (Å²) in [6, 6.07) is 5.26. The van der Waals surface area contributed by atoms with Gasteiger partial charge in [-0.1, -0.05) is 13.0 Å². The molecule has 1 aromatic carbocycles. The van der Waals surface area contributed by atoms with Gasteiger partial charge in [0.25, 0.3) is 5.56 Å². The second-order valence-corrected chi connectivity index (χ2v) is 5.63. The number of pyridine rings is 1. The lowest BCUT2D eigenvalue weighted by Crippen LogP contribution is -2.20. The molecule has 0 fully saturated rings. The molecule has 0 saturated carbocycles. The molecule has 1 aromatic heterocycles. The molecule has 1 heterocycles. The fourth-order valence-electron chi connectivity index (χ4n) is 1.89. The Hall–Kier alpha value is -1.66. The number of halogens is 2. The fraction of sp³-hybridized carbons (Fsp3) is 0.214. The number of rotatable bonds is 3. The summed E-state index contributed by atoms with van der Waals surface area (Å²) in [6.45, 7) is 1.81. The van der Waals surface area contributed by atoms with Crippen LogP contribution >= 0.6 is 0 Å². The third kappa shape index (κ3) is 2.76. The van der Waals surface area contributed by atoms with Crippen LogP contribution in [0.2, 0.25) is 0 Å². The Balaban J connectivity index is 2.56. The number of nitrogens with zero attached hydrogens (tertiary/aromatic N) is 1. The van der Waals surface area contributed by atoms with Gasteiger partial charge in [-0.25, -0.2) is 4.39 Å². The molecule has 0 aliphatic rings. The summed E-state index contributed by atoms with van der Waals surface area (Å²) in [7, 11) is 0. The van der Waals surface area contributed by atoms with Crippen LogP contribution in [0.25, 0.3) is 5.69 Å². The molecule has 2 rings (SSSR count). The van der Waals surface area contributed by atoms with Gasteiger partial charge in [-0.15, -0.1) is 0 Å². The molecule has 3 nitrogen and oxygen atoms in total. The van der Waals surface area contributed by atoms with Crippen molar-refractivity contribution >= 4 is 11.2 Å². The first-order valence-corrected chi connectivity index (χ1v) is 7.54. The van der Waals surface area contributed by atoms with Gasteiger partial charge in [0.05, 0.1) is 18.0 Å². The van der Waals surface area contributed by atoms with Crippen molar-refractivity contribution in [1.29, 1.82) is 0 Å². The number of hydrogen-bond donors (Lipinski definition) is 0. The molecular weight excluding hydrogens is 284 g/mol. The molecule has 0 saturated heterocycles. The number of benzene rings is 1. The summed E-state index contributed by atoms with van der Waals surface area (Å²) in [5.74, 6) is -1.20. The van der Waals surface area contributed by atoms with Gasteiger partial charge in [0.1, 0.15) is 12.1 Å². The highest BCUT2D eigenvalue weighted by Crippen LogP contribution is 2.16. The first-order valence-electron chi connectivity index (χ1n) is 5.98. The van der Waals surface area contributed by atoms with E-state index in [9.17, 15) is 18.1 Å². The second-order valence-electron chi connectivity index (χ2n) is 4.28. The van der Waals surface area contributed by atoms with E-state index in [2.05, 4.69) is 0 Å². The maximum atomic E-state index is 13.8. The van der Waals surface area contributed by atoms with Crippen LogP contribution in [0.4, 0.5) is 8.78 Å². The molecule has 0 spiro atoms. The number of hydrogen-bond acceptors (Lipinski definition) is 2. The van der Waals surface area contributed by atoms with Crippen molar-refractivity contribution in [3.8, 4) is 5.69 Å². The third-order valence-electron chi connectivity index (χ3n) is 2.98. The molecule has 1 atom stereocenters. The lowest BCUT2D eigenvalue weighted by Gasteiger charge is -2.10. The zero-order valence-electron chi connectivity index (χ0n) is 11.0. The highest BCUT2D eigenvalue weighted by Gasteiger charge is 2.16. The van der Waals surface area contributed by atoms with Crippen LogP contribution in [-0.2, 0) is 17.6 Å². The summed E-state index contributed by atoms with van der Waals surface area (Å²) >= 11 is -1.59. The van der Waals surface area contributed by atoms with E-state index in [0.717, 1.165) is 16.8 Å². The monoisotopic (exact) mass is 297 g/mol. The zero-order valence-corrected chi connectivity index (χ0v) is 11.8. The van der Waals surface area contributed by atoms with E-state index < -0.39 is 28.4 Å². The lowest BCUT2D eigenvalue weighted by atomic mass is 10.1. The average molecular weight is 297 g/mol. The van der Waals surface area contributed by atoms with E-state index in [0.29, 0.717) is 12.0 Å². The van der Waals surface area contributed by atoms with Gasteiger partial charge in [0.2, 0.25) is 0 Å². The van der Waals surface area contributed by atoms with Gasteiger partial charge in [-0.05, 0) is 35.3 Å². The maximum Gasteiger partial charge on any atom is 0.260 e. The van der Waals surface area contributed by atoms with E-state index in [1.54, 1.807) is 12.1 Å². The van der Waals surface area contributed by atoms with E-state index in [1.807, 2.05) is 6.92 Å². The summed E-state index contributed by atoms with van der Waals surface area (Å²) in [6.07, 6.45) is 2.75. The quantitative estimate of drug-likeness (QED) is 0.817. The lowest BCUT2D eigenvalue weighted by molar-refractivity contribution is 0.559. The van der Waals surface area contributed by atoms with Crippen molar-refractivity contribution < 1.29 is 13.3 Å². The Morgan fingerprint density at radius 2 is 1.95 bits per heavy atom. The van der Waals surface area contributed by atoms with E-state index in [1.165, 1.54) is 12.3 Å². The van der Waals surface area contributed by atoms with Gasteiger partial charge in [-0.3, -0.25) is 9.36 Å². The SMILES string of the molecule is CCc1ccc(-n2cc(F)c([S+](C)[O-])cc2=O)cc1F. The summed E-state index contributed by atoms with van der Waals surface area (Å²) in [5, 5.41) is 0. The fourth-order valence-corrected chi connectivity index (χ4v) is 2.48. The Labute approximate surface area is 118 Å². The zero-order chi connectivity index (χ0) is 14.9. The third-order valence-corrected chi connectivity index (χ3v) is 3.91. The summed E-state index contributed by atoms with van der Waals surface area (Å²) < 4.78 is 39.7. The molecule has 6 heteroatoms. The first kappa shape index (κ1) is 14.7. The van der Waals surface area contributed by atoms with Crippen LogP contribution in [-0.4, -0.2) is 15.4 Å². The van der Waals surface area contributed by atoms with Gasteiger partial charge < -0.3 is 4.55 Å². The van der Waals surface area contributed by atoms with Gasteiger partial charge in [0.15, 0.2) is 10.7 Å². The van der Waals surface area contributed by atoms with Crippen LogP contribution in [0.15, 0.2) is 40.2 Å². The molecule has 20 heavy (non-hydrogen) atoms. The van der Waals surface area contributed by atoms with Gasteiger partial charge >= 0.3 is 0 Å². The van der Waals surface area contributed by atoms with Crippen molar-refractivity contribution in [3.63, 3.8) is 0 Å². The van der Waals surface area contributed by atoms with Gasteiger partial charge in [0, 0.05) is 0 Å². The predicted molar refractivity (Wildman–Crippen MR) is 73.7 cm³/mol. The Bertz CT molecular complexity index is 698. The number of aryl methyl sites for hydroxylation is 1. The second kappa shape index (κ2) is 5.76. The largest absolute Gasteiger partial charge is 0.612 e. The molecule has 106 valence electrons. The van der Waals surface area contributed by atoms with E-state index in [4.69, 9.17) is 0 Å². The van der Waals surface area contributed by atoms with E-state index in [-0.39, 0.29) is 10.6 Å². The molecule has 0 bridgehead atoms. The Morgan fingerprint density at radius 1 is 1.25 bits per heavy atom. The van der Waals surface area contributed by atoms with Gasteiger partial charge in [-0.2, -0.15) is 4.39 Å². The standard InChI is InChI=1S/C14H13F2NO2S/c1-3-9-4-5-10(6-11(9)15)17-8-12(16)13(20(2)19)7-14(17)18/h4-8H,3H2,1-2H3. The van der Waals surface area contributed by atoms with Crippen LogP contribution < -0.4 is 5.56 Å². The minimum Gasteiger partial charge on any atom is -0.612 e. The Morgan fingerprint density at radius 3 is 2.50 bits per heavy atom. The summed E-state index contributed by atoms with van der Waals surface area (Å²) in [4.78, 5) is 11.7. The summed E-state index contributed by atoms with van der Waals surface area (Å²) in [5.41, 5.74) is 0.200. The van der Waals surface area contributed by atoms with Crippen molar-refractivity contribution in [2.75, 3.05) is 6.26 Å². The molecule has 0 N–H and O–H groups in total. The van der Waals surface area contributed by atoms with Crippen LogP contribution in [0.3, 0.4) is 0 Å². The number of aromatic nitrogens is 1. The predicted octanol–water partition coefficient (Wildman–Crippen LogP) is 2.42. The van der Waals surface area contributed by atoms with E-state index >= 15 is 0 Å². The Kier molecular flexibility index (Phi) is 4.25. The van der Waals surface area contributed by atoms with Crippen molar-refractivity contribution in [1.82, 2.24) is 4.57 Å². The van der Waals surface area contributed by atoms with Crippen LogP contribution in [0.5, 0.6) is 0 Å². The molecule has 1 unspecified atom stereocenters. The van der Waals surface area contributed by atoms with Crippen LogP contribution in [0.1, 0.15) is 12.5 Å².